The largest absolute Gasteiger partial charge is 0.401 e. The van der Waals surface area contributed by atoms with Gasteiger partial charge in [-0.2, -0.15) is 13.2 Å². The lowest BCUT2D eigenvalue weighted by atomic mass is 9.84. The van der Waals surface area contributed by atoms with Crippen molar-refractivity contribution < 1.29 is 36.7 Å². The van der Waals surface area contributed by atoms with E-state index in [0.29, 0.717) is 12.8 Å². The van der Waals surface area contributed by atoms with Gasteiger partial charge in [0.15, 0.2) is 6.04 Å². The molecular weight excluding hydrogens is 436 g/mol. The van der Waals surface area contributed by atoms with Crippen molar-refractivity contribution in [2.24, 2.45) is 11.7 Å². The Morgan fingerprint density at radius 3 is 2.56 bits per heavy atom. The molecule has 3 rings (SSSR count). The summed E-state index contributed by atoms with van der Waals surface area (Å²) in [5.74, 6) is -3.64. The molecule has 0 bridgehead atoms. The van der Waals surface area contributed by atoms with Crippen LogP contribution in [0.25, 0.3) is 0 Å². The third-order valence-corrected chi connectivity index (χ3v) is 5.47. The Morgan fingerprint density at radius 2 is 2.03 bits per heavy atom. The smallest absolute Gasteiger partial charge is 0.370 e. The Kier molecular flexibility index (Phi) is 7.34. The molecule has 8 nitrogen and oxygen atoms in total. The number of hydrogen-bond donors (Lipinski definition) is 2. The summed E-state index contributed by atoms with van der Waals surface area (Å²) in [5, 5.41) is 2.26. The number of nitrogens with two attached hydrogens (primary N) is 1. The van der Waals surface area contributed by atoms with Crippen LogP contribution < -0.4 is 16.0 Å². The molecule has 0 radical (unpaired) electrons. The second kappa shape index (κ2) is 9.82. The lowest BCUT2D eigenvalue weighted by molar-refractivity contribution is -0.159. The Hall–Kier alpha value is -2.73. The van der Waals surface area contributed by atoms with E-state index in [1.807, 2.05) is 0 Å². The van der Waals surface area contributed by atoms with Crippen LogP contribution in [0.15, 0.2) is 18.2 Å². The van der Waals surface area contributed by atoms with Gasteiger partial charge in [-0.1, -0.05) is 6.42 Å². The topological polar surface area (TPSA) is 105 Å². The predicted octanol–water partition coefficient (Wildman–Crippen LogP) is 1.65. The first-order chi connectivity index (χ1) is 15.0. The molecule has 1 aromatic rings. The predicted molar refractivity (Wildman–Crippen MR) is 106 cm³/mol. The number of nitrogens with one attached hydrogen (secondary N) is 1. The maximum Gasteiger partial charge on any atom is 0.401 e. The van der Waals surface area contributed by atoms with Crippen LogP contribution in [0.1, 0.15) is 19.3 Å². The molecule has 3 amide bonds. The summed E-state index contributed by atoms with van der Waals surface area (Å²) in [6.07, 6.45) is -2.37. The monoisotopic (exact) mass is 460 g/mol. The second-order valence-electron chi connectivity index (χ2n) is 7.90. The number of nitrogens with zero attached hydrogens (tertiary/aromatic N) is 2. The van der Waals surface area contributed by atoms with E-state index >= 15 is 0 Å². The van der Waals surface area contributed by atoms with Gasteiger partial charge in [-0.05, 0) is 37.0 Å². The first-order valence-electron chi connectivity index (χ1n) is 10.1. The van der Waals surface area contributed by atoms with Gasteiger partial charge in [-0.15, -0.1) is 0 Å². The molecule has 12 heteroatoms. The molecule has 0 aromatic heterocycles. The minimum atomic E-state index is -4.64. The van der Waals surface area contributed by atoms with Gasteiger partial charge in [0.2, 0.25) is 5.91 Å². The maximum absolute atomic E-state index is 14.6. The number of benzene rings is 1. The van der Waals surface area contributed by atoms with E-state index in [2.05, 4.69) is 5.32 Å². The number of alkyl halides is 3. The molecule has 1 aromatic carbocycles. The molecule has 1 atom stereocenters. The van der Waals surface area contributed by atoms with Crippen molar-refractivity contribution in [1.29, 1.82) is 0 Å². The average Bonchev–Trinajstić information content (AvgIpc) is 2.64. The first kappa shape index (κ1) is 23.9. The first-order valence-corrected chi connectivity index (χ1v) is 10.1. The fraction of sp³-hybridized carbons (Fsp3) is 0.550. The van der Waals surface area contributed by atoms with E-state index < -0.39 is 42.3 Å². The average molecular weight is 460 g/mol. The van der Waals surface area contributed by atoms with Crippen molar-refractivity contribution in [2.45, 2.75) is 31.5 Å². The highest BCUT2D eigenvalue weighted by Gasteiger charge is 2.40. The lowest BCUT2D eigenvalue weighted by Gasteiger charge is -2.35. The summed E-state index contributed by atoms with van der Waals surface area (Å²) in [4.78, 5) is 38.4. The second-order valence-corrected chi connectivity index (χ2v) is 7.90. The third-order valence-electron chi connectivity index (χ3n) is 5.47. The van der Waals surface area contributed by atoms with Crippen molar-refractivity contribution >= 4 is 29.1 Å². The Bertz CT molecular complexity index is 876. The van der Waals surface area contributed by atoms with Crippen LogP contribution in [0.3, 0.4) is 0 Å². The summed E-state index contributed by atoms with van der Waals surface area (Å²) in [6, 6.07) is 1.60. The van der Waals surface area contributed by atoms with E-state index in [0.717, 1.165) is 17.4 Å². The molecule has 1 heterocycles. The molecule has 0 unspecified atom stereocenters. The van der Waals surface area contributed by atoms with Gasteiger partial charge in [0.25, 0.3) is 11.8 Å². The van der Waals surface area contributed by atoms with Crippen LogP contribution >= 0.6 is 0 Å². The molecule has 3 N–H and O–H groups in total. The van der Waals surface area contributed by atoms with Gasteiger partial charge < -0.3 is 20.7 Å². The zero-order chi connectivity index (χ0) is 23.5. The zero-order valence-corrected chi connectivity index (χ0v) is 17.2. The zero-order valence-electron chi connectivity index (χ0n) is 17.2. The molecule has 1 aliphatic heterocycles. The number of ether oxygens (including phenoxy) is 1. The molecule has 176 valence electrons. The standard InChI is InChI=1S/C20H24F4N4O4/c21-14-8-13(4-5-15(14)28-6-7-32-10-16(28)29)26-19(31)17(18(25)30)27(11-20(22,23)24)9-12-2-1-3-12/h4-5,8,12,17H,1-3,6-7,9-11H2,(H2,25,30)(H,26,31)/t17-/m1/s1. The Balaban J connectivity index is 1.76. The van der Waals surface area contributed by atoms with E-state index in [9.17, 15) is 31.9 Å². The van der Waals surface area contributed by atoms with Crippen molar-refractivity contribution in [1.82, 2.24) is 4.90 Å². The highest BCUT2D eigenvalue weighted by Crippen LogP contribution is 2.30. The normalized spacial score (nSPS) is 18.4. The van der Waals surface area contributed by atoms with Gasteiger partial charge >= 0.3 is 6.18 Å². The SMILES string of the molecule is NC(=O)[C@H](C(=O)Nc1ccc(N2CCOCC2=O)c(F)c1)N(CC1CCC1)CC(F)(F)F. The lowest BCUT2D eigenvalue weighted by Crippen LogP contribution is -2.56. The summed E-state index contributed by atoms with van der Waals surface area (Å²) in [7, 11) is 0. The highest BCUT2D eigenvalue weighted by molar-refractivity contribution is 6.09. The fourth-order valence-electron chi connectivity index (χ4n) is 3.76. The number of halogens is 4. The van der Waals surface area contributed by atoms with Gasteiger partial charge in [0, 0.05) is 18.8 Å². The van der Waals surface area contributed by atoms with Crippen molar-refractivity contribution in [3.8, 4) is 0 Å². The van der Waals surface area contributed by atoms with Crippen molar-refractivity contribution in [3.63, 3.8) is 0 Å². The molecule has 32 heavy (non-hydrogen) atoms. The number of rotatable bonds is 8. The summed E-state index contributed by atoms with van der Waals surface area (Å²) in [5.41, 5.74) is 5.17. The van der Waals surface area contributed by atoms with Crippen molar-refractivity contribution in [3.05, 3.63) is 24.0 Å². The van der Waals surface area contributed by atoms with E-state index in [1.54, 1.807) is 0 Å². The number of carbonyl (C=O) groups is 3. The number of morpholine rings is 1. The number of primary amides is 1. The summed E-state index contributed by atoms with van der Waals surface area (Å²) >= 11 is 0. The van der Waals surface area contributed by atoms with Gasteiger partial charge in [0.1, 0.15) is 12.4 Å². The van der Waals surface area contributed by atoms with Crippen LogP contribution in [0.4, 0.5) is 28.9 Å². The molecule has 1 aliphatic carbocycles. The number of anilines is 2. The molecule has 1 saturated carbocycles. The van der Waals surface area contributed by atoms with Crippen LogP contribution in [0.2, 0.25) is 0 Å². The minimum absolute atomic E-state index is 0.0218. The van der Waals surface area contributed by atoms with Gasteiger partial charge in [0.05, 0.1) is 18.8 Å². The number of hydrogen-bond acceptors (Lipinski definition) is 5. The van der Waals surface area contributed by atoms with Gasteiger partial charge in [-0.25, -0.2) is 4.39 Å². The Labute approximate surface area is 181 Å². The van der Waals surface area contributed by atoms with Crippen LogP contribution in [0.5, 0.6) is 0 Å². The molecule has 0 spiro atoms. The minimum Gasteiger partial charge on any atom is -0.370 e. The van der Waals surface area contributed by atoms with E-state index in [-0.39, 0.29) is 43.6 Å². The molecule has 2 aliphatic rings. The van der Waals surface area contributed by atoms with Crippen LogP contribution in [-0.2, 0) is 19.1 Å². The highest BCUT2D eigenvalue weighted by atomic mass is 19.4. The Morgan fingerprint density at radius 1 is 1.31 bits per heavy atom. The quantitative estimate of drug-likeness (QED) is 0.454. The van der Waals surface area contributed by atoms with Crippen LogP contribution in [0, 0.1) is 11.7 Å². The summed E-state index contributed by atoms with van der Waals surface area (Å²) in [6.45, 7) is -1.38. The molecular formula is C20H24F4N4O4. The third kappa shape index (κ3) is 5.94. The fourth-order valence-corrected chi connectivity index (χ4v) is 3.76. The maximum atomic E-state index is 14.6. The van der Waals surface area contributed by atoms with E-state index in [1.165, 1.54) is 17.0 Å². The van der Waals surface area contributed by atoms with Crippen LogP contribution in [-0.4, -0.2) is 67.7 Å². The van der Waals surface area contributed by atoms with Crippen molar-refractivity contribution in [2.75, 3.05) is 43.1 Å². The number of carbonyl (C=O) groups excluding carboxylic acids is 3. The molecule has 1 saturated heterocycles. The molecule has 2 fully saturated rings. The van der Waals surface area contributed by atoms with E-state index in [4.69, 9.17) is 10.5 Å². The number of amides is 3. The summed E-state index contributed by atoms with van der Waals surface area (Å²) < 4.78 is 58.8. The van der Waals surface area contributed by atoms with Gasteiger partial charge in [-0.3, -0.25) is 19.3 Å².